The summed E-state index contributed by atoms with van der Waals surface area (Å²) in [5, 5.41) is -0.0349. The molecule has 0 aromatic heterocycles. The van der Waals surface area contributed by atoms with E-state index >= 15 is 0 Å². The molecule has 2 saturated heterocycles. The van der Waals surface area contributed by atoms with Crippen molar-refractivity contribution in [1.82, 2.24) is 9.80 Å². The first-order valence-electron chi connectivity index (χ1n) is 8.66. The number of para-hydroxylation sites is 1. The van der Waals surface area contributed by atoms with Gasteiger partial charge in [-0.2, -0.15) is 0 Å². The Bertz CT molecular complexity index is 592. The standard InChI is InChI=1S/C18H26N2O4S/c1-22-15-5-3-4-14(17(15)23-2)18-20(16(21)6-13-25-18)8-7-19-9-11-24-12-10-19/h3-5,18H,6-13H2,1-2H3. The van der Waals surface area contributed by atoms with Crippen molar-refractivity contribution < 1.29 is 19.0 Å². The third-order valence-electron chi connectivity index (χ3n) is 4.66. The van der Waals surface area contributed by atoms with E-state index in [0.29, 0.717) is 17.9 Å². The number of morpholine rings is 1. The fourth-order valence-corrected chi connectivity index (χ4v) is 4.59. The molecule has 2 heterocycles. The molecule has 2 aliphatic heterocycles. The first-order chi connectivity index (χ1) is 12.2. The summed E-state index contributed by atoms with van der Waals surface area (Å²) >= 11 is 1.79. The zero-order valence-corrected chi connectivity index (χ0v) is 15.7. The molecule has 2 aliphatic rings. The minimum atomic E-state index is -0.0349. The van der Waals surface area contributed by atoms with Crippen LogP contribution < -0.4 is 9.47 Å². The minimum Gasteiger partial charge on any atom is -0.493 e. The summed E-state index contributed by atoms with van der Waals surface area (Å²) in [5.41, 5.74) is 1.00. The summed E-state index contributed by atoms with van der Waals surface area (Å²) in [6, 6.07) is 5.87. The summed E-state index contributed by atoms with van der Waals surface area (Å²) in [6.45, 7) is 5.01. The lowest BCUT2D eigenvalue weighted by Gasteiger charge is -2.38. The summed E-state index contributed by atoms with van der Waals surface area (Å²) in [7, 11) is 3.28. The van der Waals surface area contributed by atoms with Crippen LogP contribution in [0.15, 0.2) is 18.2 Å². The number of thioether (sulfide) groups is 1. The fourth-order valence-electron chi connectivity index (χ4n) is 3.30. The maximum absolute atomic E-state index is 12.6. The molecule has 1 unspecified atom stereocenters. The monoisotopic (exact) mass is 366 g/mol. The van der Waals surface area contributed by atoms with E-state index in [9.17, 15) is 4.79 Å². The van der Waals surface area contributed by atoms with Crippen molar-refractivity contribution in [2.45, 2.75) is 11.8 Å². The maximum atomic E-state index is 12.6. The topological polar surface area (TPSA) is 51.2 Å². The van der Waals surface area contributed by atoms with Crippen molar-refractivity contribution in [1.29, 1.82) is 0 Å². The Balaban J connectivity index is 1.78. The molecule has 0 radical (unpaired) electrons. The highest BCUT2D eigenvalue weighted by atomic mass is 32.2. The van der Waals surface area contributed by atoms with Crippen LogP contribution >= 0.6 is 11.8 Å². The Hall–Kier alpha value is -1.44. The Kier molecular flexibility index (Phi) is 6.45. The van der Waals surface area contributed by atoms with Gasteiger partial charge in [0.25, 0.3) is 0 Å². The summed E-state index contributed by atoms with van der Waals surface area (Å²) < 4.78 is 16.4. The zero-order valence-electron chi connectivity index (χ0n) is 14.9. The summed E-state index contributed by atoms with van der Waals surface area (Å²) in [6.07, 6.45) is 0.594. The van der Waals surface area contributed by atoms with Crippen LogP contribution in [0.25, 0.3) is 0 Å². The zero-order chi connectivity index (χ0) is 17.6. The quantitative estimate of drug-likeness (QED) is 0.768. The number of carbonyl (C=O) groups is 1. The number of benzene rings is 1. The summed E-state index contributed by atoms with van der Waals surface area (Å²) in [4.78, 5) is 16.9. The van der Waals surface area contributed by atoms with Gasteiger partial charge in [0.1, 0.15) is 5.37 Å². The van der Waals surface area contributed by atoms with E-state index in [-0.39, 0.29) is 11.3 Å². The Morgan fingerprint density at radius 3 is 2.72 bits per heavy atom. The molecule has 0 aliphatic carbocycles. The van der Waals surface area contributed by atoms with Gasteiger partial charge in [0, 0.05) is 43.9 Å². The van der Waals surface area contributed by atoms with E-state index in [0.717, 1.165) is 50.7 Å². The van der Waals surface area contributed by atoms with Crippen molar-refractivity contribution in [3.05, 3.63) is 23.8 Å². The van der Waals surface area contributed by atoms with E-state index in [4.69, 9.17) is 14.2 Å². The number of methoxy groups -OCH3 is 2. The average Bonchev–Trinajstić information content (AvgIpc) is 2.67. The van der Waals surface area contributed by atoms with Crippen LogP contribution in [-0.2, 0) is 9.53 Å². The molecule has 0 saturated carbocycles. The number of carbonyl (C=O) groups excluding carboxylic acids is 1. The van der Waals surface area contributed by atoms with Crippen LogP contribution in [0.3, 0.4) is 0 Å². The smallest absolute Gasteiger partial charge is 0.224 e. The number of amides is 1. The molecule has 1 atom stereocenters. The molecular weight excluding hydrogens is 340 g/mol. The molecule has 0 spiro atoms. The third-order valence-corrected chi connectivity index (χ3v) is 5.92. The second-order valence-electron chi connectivity index (χ2n) is 6.10. The van der Waals surface area contributed by atoms with Crippen LogP contribution in [0.5, 0.6) is 11.5 Å². The first-order valence-corrected chi connectivity index (χ1v) is 9.71. The highest BCUT2D eigenvalue weighted by molar-refractivity contribution is 7.99. The highest BCUT2D eigenvalue weighted by Gasteiger charge is 2.32. The number of rotatable bonds is 6. The first kappa shape index (κ1) is 18.4. The van der Waals surface area contributed by atoms with Crippen molar-refractivity contribution in [2.75, 3.05) is 59.4 Å². The Labute approximate surface area is 153 Å². The number of hydrogen-bond donors (Lipinski definition) is 0. The van der Waals surface area contributed by atoms with Gasteiger partial charge in [-0.3, -0.25) is 9.69 Å². The van der Waals surface area contributed by atoms with Crippen molar-refractivity contribution in [2.24, 2.45) is 0 Å². The van der Waals surface area contributed by atoms with Crippen molar-refractivity contribution in [3.63, 3.8) is 0 Å². The van der Waals surface area contributed by atoms with Gasteiger partial charge in [0.05, 0.1) is 27.4 Å². The second kappa shape index (κ2) is 8.78. The average molecular weight is 366 g/mol. The van der Waals surface area contributed by atoms with Gasteiger partial charge in [0.2, 0.25) is 5.91 Å². The lowest BCUT2D eigenvalue weighted by molar-refractivity contribution is -0.132. The Morgan fingerprint density at radius 2 is 2.00 bits per heavy atom. The van der Waals surface area contributed by atoms with Crippen molar-refractivity contribution in [3.8, 4) is 11.5 Å². The molecule has 1 amide bonds. The molecule has 25 heavy (non-hydrogen) atoms. The maximum Gasteiger partial charge on any atom is 0.224 e. The van der Waals surface area contributed by atoms with Crippen LogP contribution in [0.1, 0.15) is 17.4 Å². The van der Waals surface area contributed by atoms with E-state index in [2.05, 4.69) is 4.90 Å². The van der Waals surface area contributed by atoms with Crippen LogP contribution in [-0.4, -0.2) is 75.1 Å². The second-order valence-corrected chi connectivity index (χ2v) is 7.29. The highest BCUT2D eigenvalue weighted by Crippen LogP contribution is 2.44. The third kappa shape index (κ3) is 4.22. The molecular formula is C18H26N2O4S. The van der Waals surface area contributed by atoms with Gasteiger partial charge in [-0.1, -0.05) is 12.1 Å². The van der Waals surface area contributed by atoms with Gasteiger partial charge in [-0.25, -0.2) is 0 Å². The Morgan fingerprint density at radius 1 is 1.20 bits per heavy atom. The molecule has 1 aromatic carbocycles. The molecule has 7 heteroatoms. The molecule has 138 valence electrons. The minimum absolute atomic E-state index is 0.0349. The molecule has 3 rings (SSSR count). The van der Waals surface area contributed by atoms with Crippen LogP contribution in [0.4, 0.5) is 0 Å². The molecule has 1 aromatic rings. The van der Waals surface area contributed by atoms with Crippen LogP contribution in [0, 0.1) is 0 Å². The molecule has 0 N–H and O–H groups in total. The van der Waals surface area contributed by atoms with Crippen molar-refractivity contribution >= 4 is 17.7 Å². The largest absolute Gasteiger partial charge is 0.493 e. The van der Waals surface area contributed by atoms with Gasteiger partial charge in [-0.05, 0) is 6.07 Å². The lowest BCUT2D eigenvalue weighted by atomic mass is 10.1. The number of hydrogen-bond acceptors (Lipinski definition) is 6. The van der Waals surface area contributed by atoms with E-state index in [1.807, 2.05) is 23.1 Å². The van der Waals surface area contributed by atoms with E-state index < -0.39 is 0 Å². The fraction of sp³-hybridized carbons (Fsp3) is 0.611. The molecule has 2 fully saturated rings. The van der Waals surface area contributed by atoms with Gasteiger partial charge in [-0.15, -0.1) is 11.8 Å². The lowest BCUT2D eigenvalue weighted by Crippen LogP contribution is -2.45. The van der Waals surface area contributed by atoms with Crippen LogP contribution in [0.2, 0.25) is 0 Å². The predicted octanol–water partition coefficient (Wildman–Crippen LogP) is 2.00. The summed E-state index contributed by atoms with van der Waals surface area (Å²) in [5.74, 6) is 2.46. The predicted molar refractivity (Wildman–Crippen MR) is 98.3 cm³/mol. The molecule has 6 nitrogen and oxygen atoms in total. The molecule has 0 bridgehead atoms. The van der Waals surface area contributed by atoms with Gasteiger partial charge >= 0.3 is 0 Å². The van der Waals surface area contributed by atoms with Gasteiger partial charge in [0.15, 0.2) is 11.5 Å². The van der Waals surface area contributed by atoms with Gasteiger partial charge < -0.3 is 19.1 Å². The normalized spacial score (nSPS) is 22.1. The number of nitrogens with zero attached hydrogens (tertiary/aromatic N) is 2. The number of ether oxygens (including phenoxy) is 3. The SMILES string of the molecule is COc1cccc(C2SCCC(=O)N2CCN2CCOCC2)c1OC. The van der Waals surface area contributed by atoms with E-state index in [1.165, 1.54) is 0 Å². The van der Waals surface area contributed by atoms with E-state index in [1.54, 1.807) is 26.0 Å².